The molecule has 2 fully saturated rings. The highest BCUT2D eigenvalue weighted by molar-refractivity contribution is 6.24. The predicted molar refractivity (Wildman–Crippen MR) is 141 cm³/mol. The highest BCUT2D eigenvalue weighted by Crippen LogP contribution is 2.51. The van der Waals surface area contributed by atoms with Gasteiger partial charge in [0.05, 0.1) is 39.3 Å². The minimum atomic E-state index is -1.01. The summed E-state index contributed by atoms with van der Waals surface area (Å²) in [6.45, 7) is 2.61. The van der Waals surface area contributed by atoms with Gasteiger partial charge in [-0.15, -0.1) is 0 Å². The molecule has 38 heavy (non-hydrogen) atoms. The molecule has 0 spiro atoms. The van der Waals surface area contributed by atoms with Crippen LogP contribution in [0.15, 0.2) is 66.7 Å². The summed E-state index contributed by atoms with van der Waals surface area (Å²) < 4.78 is 22.4. The summed E-state index contributed by atoms with van der Waals surface area (Å²) in [5, 5.41) is 1.62. The van der Waals surface area contributed by atoms with Crippen molar-refractivity contribution in [3.05, 3.63) is 72.3 Å². The summed E-state index contributed by atoms with van der Waals surface area (Å²) in [4.78, 5) is 35.0. The molecule has 0 radical (unpaired) electrons. The number of anilines is 2. The van der Waals surface area contributed by atoms with E-state index in [1.54, 1.807) is 48.6 Å². The summed E-state index contributed by atoms with van der Waals surface area (Å²) in [6, 6.07) is 19.1. The smallest absolute Gasteiger partial charge is 0.266 e. The number of ether oxygens (including phenoxy) is 4. The van der Waals surface area contributed by atoms with Gasteiger partial charge in [-0.1, -0.05) is 25.1 Å². The molecule has 0 unspecified atom stereocenters. The van der Waals surface area contributed by atoms with Crippen molar-refractivity contribution in [1.82, 2.24) is 0 Å². The van der Waals surface area contributed by atoms with E-state index in [-0.39, 0.29) is 5.91 Å². The van der Waals surface area contributed by atoms with Crippen LogP contribution < -0.4 is 28.9 Å². The zero-order chi connectivity index (χ0) is 26.8. The summed E-state index contributed by atoms with van der Waals surface area (Å²) in [6.07, 6.45) is -0.133. The van der Waals surface area contributed by atoms with E-state index in [9.17, 15) is 9.59 Å². The second-order valence-corrected chi connectivity index (χ2v) is 8.96. The van der Waals surface area contributed by atoms with Gasteiger partial charge in [-0.2, -0.15) is 0 Å². The molecule has 9 nitrogen and oxygen atoms in total. The number of para-hydroxylation sites is 1. The molecule has 198 valence electrons. The van der Waals surface area contributed by atoms with Gasteiger partial charge in [0, 0.05) is 11.6 Å². The topological polar surface area (TPSA) is 86.8 Å². The Labute approximate surface area is 221 Å². The Hall–Kier alpha value is -4.24. The van der Waals surface area contributed by atoms with Crippen molar-refractivity contribution in [3.63, 3.8) is 0 Å². The van der Waals surface area contributed by atoms with Gasteiger partial charge in [0.15, 0.2) is 17.6 Å². The molecular weight excluding hydrogens is 488 g/mol. The Morgan fingerprint density at radius 1 is 0.789 bits per heavy atom. The minimum Gasteiger partial charge on any atom is -0.496 e. The highest BCUT2D eigenvalue weighted by atomic mass is 16.7. The fourth-order valence-electron chi connectivity index (χ4n) is 4.98. The third-order valence-electron chi connectivity index (χ3n) is 6.75. The zero-order valence-electron chi connectivity index (χ0n) is 21.7. The van der Waals surface area contributed by atoms with Gasteiger partial charge >= 0.3 is 0 Å². The molecule has 9 heteroatoms. The Morgan fingerprint density at radius 2 is 1.45 bits per heavy atom. The second kappa shape index (κ2) is 10.6. The second-order valence-electron chi connectivity index (χ2n) is 8.96. The lowest BCUT2D eigenvalue weighted by atomic mass is 9.89. The fourth-order valence-corrected chi connectivity index (χ4v) is 4.98. The molecular formula is C29H30N2O7. The van der Waals surface area contributed by atoms with E-state index >= 15 is 0 Å². The number of methoxy groups -OCH3 is 3. The third kappa shape index (κ3) is 4.28. The number of rotatable bonds is 9. The van der Waals surface area contributed by atoms with Crippen LogP contribution in [-0.2, 0) is 14.4 Å². The normalized spacial score (nSPS) is 20.5. The van der Waals surface area contributed by atoms with Crippen LogP contribution in [0.3, 0.4) is 0 Å². The van der Waals surface area contributed by atoms with E-state index in [1.165, 1.54) is 19.1 Å². The van der Waals surface area contributed by atoms with Crippen molar-refractivity contribution >= 4 is 23.2 Å². The van der Waals surface area contributed by atoms with Gasteiger partial charge in [0.1, 0.15) is 23.5 Å². The maximum atomic E-state index is 14.0. The molecule has 3 aromatic rings. The van der Waals surface area contributed by atoms with E-state index in [2.05, 4.69) is 0 Å². The maximum absolute atomic E-state index is 14.0. The molecule has 3 aromatic carbocycles. The first kappa shape index (κ1) is 25.4. The molecule has 0 bridgehead atoms. The lowest BCUT2D eigenvalue weighted by molar-refractivity contribution is -0.126. The monoisotopic (exact) mass is 518 g/mol. The summed E-state index contributed by atoms with van der Waals surface area (Å²) in [7, 11) is 4.62. The van der Waals surface area contributed by atoms with Crippen LogP contribution in [-0.4, -0.2) is 45.9 Å². The quantitative estimate of drug-likeness (QED) is 0.382. The first-order chi connectivity index (χ1) is 18.5. The van der Waals surface area contributed by atoms with Gasteiger partial charge in [-0.3, -0.25) is 14.4 Å². The van der Waals surface area contributed by atoms with Crippen LogP contribution in [0.1, 0.15) is 24.9 Å². The summed E-state index contributed by atoms with van der Waals surface area (Å²) >= 11 is 0. The number of benzene rings is 3. The Kier molecular flexibility index (Phi) is 7.11. The van der Waals surface area contributed by atoms with Gasteiger partial charge in [0.25, 0.3) is 5.91 Å². The van der Waals surface area contributed by atoms with E-state index < -0.39 is 24.0 Å². The van der Waals surface area contributed by atoms with Gasteiger partial charge in [-0.25, -0.2) is 9.96 Å². The number of amides is 2. The molecule has 2 amide bonds. The third-order valence-corrected chi connectivity index (χ3v) is 6.75. The largest absolute Gasteiger partial charge is 0.496 e. The molecule has 2 aliphatic rings. The molecule has 2 heterocycles. The fraction of sp³-hybridized carbons (Fsp3) is 0.310. The Bertz CT molecular complexity index is 1310. The number of fused-ring (bicyclic) bond motifs is 1. The molecule has 2 aliphatic heterocycles. The lowest BCUT2D eigenvalue weighted by Gasteiger charge is -2.30. The lowest BCUT2D eigenvalue weighted by Crippen LogP contribution is -2.37. The van der Waals surface area contributed by atoms with Crippen LogP contribution in [0.2, 0.25) is 0 Å². The van der Waals surface area contributed by atoms with Crippen LogP contribution in [0.25, 0.3) is 0 Å². The predicted octanol–water partition coefficient (Wildman–Crippen LogP) is 4.55. The SMILES string of the molecule is CCCOc1ccc(N2C(=O)[C@@H]3[C@H](ON(c4ccccc4)[C@H]3c3cc(OC)c(OC)cc3OC)C2=O)cc1. The molecule has 5 rings (SSSR count). The molecule has 0 aromatic heterocycles. The first-order valence-corrected chi connectivity index (χ1v) is 12.4. The number of carbonyl (C=O) groups excluding carboxylic acids is 2. The molecule has 0 saturated carbocycles. The van der Waals surface area contributed by atoms with Gasteiger partial charge in [-0.05, 0) is 48.9 Å². The van der Waals surface area contributed by atoms with Crippen LogP contribution in [0.5, 0.6) is 23.0 Å². The number of hydrogen-bond acceptors (Lipinski definition) is 8. The van der Waals surface area contributed by atoms with Gasteiger partial charge < -0.3 is 18.9 Å². The Balaban J connectivity index is 1.58. The number of hydrogen-bond donors (Lipinski definition) is 0. The van der Waals surface area contributed by atoms with Crippen molar-refractivity contribution in [2.45, 2.75) is 25.5 Å². The number of carbonyl (C=O) groups is 2. The van der Waals surface area contributed by atoms with Crippen LogP contribution in [0.4, 0.5) is 11.4 Å². The van der Waals surface area contributed by atoms with E-state index in [1.807, 2.05) is 37.3 Å². The Morgan fingerprint density at radius 3 is 2.08 bits per heavy atom. The minimum absolute atomic E-state index is 0.359. The van der Waals surface area contributed by atoms with Crippen molar-refractivity contribution in [3.8, 4) is 23.0 Å². The van der Waals surface area contributed by atoms with Crippen LogP contribution >= 0.6 is 0 Å². The van der Waals surface area contributed by atoms with Crippen molar-refractivity contribution < 1.29 is 33.4 Å². The van der Waals surface area contributed by atoms with E-state index in [4.69, 9.17) is 23.8 Å². The summed E-state index contributed by atoms with van der Waals surface area (Å²) in [5.74, 6) is 0.494. The van der Waals surface area contributed by atoms with Crippen molar-refractivity contribution in [1.29, 1.82) is 0 Å². The number of nitrogens with zero attached hydrogens (tertiary/aromatic N) is 2. The average molecular weight is 519 g/mol. The van der Waals surface area contributed by atoms with E-state index in [0.29, 0.717) is 46.5 Å². The van der Waals surface area contributed by atoms with Crippen LogP contribution in [0, 0.1) is 5.92 Å². The highest BCUT2D eigenvalue weighted by Gasteiger charge is 2.61. The molecule has 0 aliphatic carbocycles. The van der Waals surface area contributed by atoms with Crippen molar-refractivity contribution in [2.24, 2.45) is 5.92 Å². The zero-order valence-corrected chi connectivity index (χ0v) is 21.7. The standard InChI is InChI=1S/C29H30N2O7/c1-5-15-37-20-13-11-18(12-14-20)30-28(32)25-26(21-16-23(35-3)24(36-4)17-22(21)34-2)31(38-27(25)29(30)33)19-9-7-6-8-10-19/h6-14,16-17,25-27H,5,15H2,1-4H3/t25-,26-,27-/m0/s1. The number of imide groups is 1. The van der Waals surface area contributed by atoms with Crippen molar-refractivity contribution in [2.75, 3.05) is 37.9 Å². The molecule has 0 N–H and O–H groups in total. The summed E-state index contributed by atoms with van der Waals surface area (Å²) in [5.41, 5.74) is 1.80. The first-order valence-electron chi connectivity index (χ1n) is 12.4. The molecule has 2 saturated heterocycles. The number of hydroxylamine groups is 1. The van der Waals surface area contributed by atoms with Gasteiger partial charge in [0.2, 0.25) is 5.91 Å². The maximum Gasteiger partial charge on any atom is 0.266 e. The average Bonchev–Trinajstić information content (AvgIpc) is 3.47. The van der Waals surface area contributed by atoms with E-state index in [0.717, 1.165) is 6.42 Å². The molecule has 3 atom stereocenters.